The van der Waals surface area contributed by atoms with Crippen LogP contribution in [0.2, 0.25) is 0 Å². The summed E-state index contributed by atoms with van der Waals surface area (Å²) in [4.78, 5) is 12.9. The van der Waals surface area contributed by atoms with E-state index >= 15 is 0 Å². The van der Waals surface area contributed by atoms with Crippen LogP contribution in [-0.2, 0) is 9.53 Å². The fraction of sp³-hybridized carbons (Fsp3) is 0.857. The maximum atomic E-state index is 10.7. The van der Waals surface area contributed by atoms with Crippen LogP contribution in [0.5, 0.6) is 0 Å². The van der Waals surface area contributed by atoms with E-state index < -0.39 is 0 Å². The molecule has 3 nitrogen and oxygen atoms in total. The second-order valence-electron chi connectivity index (χ2n) is 2.40. The monoisotopic (exact) mass is 143 g/mol. The van der Waals surface area contributed by atoms with Crippen LogP contribution >= 0.6 is 0 Å². The molecule has 0 spiro atoms. The minimum absolute atomic E-state index is 0.0746. The van der Waals surface area contributed by atoms with E-state index in [2.05, 4.69) is 4.90 Å². The summed E-state index contributed by atoms with van der Waals surface area (Å²) in [6.45, 7) is 5.51. The van der Waals surface area contributed by atoms with Crippen LogP contribution < -0.4 is 0 Å². The van der Waals surface area contributed by atoms with Gasteiger partial charge in [0.2, 0.25) is 0 Å². The second kappa shape index (κ2) is 3.56. The van der Waals surface area contributed by atoms with E-state index in [4.69, 9.17) is 4.74 Å². The molecule has 1 aliphatic heterocycles. The zero-order valence-electron chi connectivity index (χ0n) is 6.30. The van der Waals surface area contributed by atoms with Crippen LogP contribution in [0.4, 0.5) is 0 Å². The quantitative estimate of drug-likeness (QED) is 0.417. The highest BCUT2D eigenvalue weighted by Gasteiger charge is 2.17. The van der Waals surface area contributed by atoms with E-state index in [-0.39, 0.29) is 5.97 Å². The van der Waals surface area contributed by atoms with E-state index in [9.17, 15) is 4.79 Å². The molecule has 58 valence electrons. The number of esters is 1. The van der Waals surface area contributed by atoms with Gasteiger partial charge in [0.05, 0.1) is 13.0 Å². The van der Waals surface area contributed by atoms with Crippen molar-refractivity contribution in [3.8, 4) is 0 Å². The molecule has 1 fully saturated rings. The number of carbonyl (C=O) groups excluding carboxylic acids is 1. The summed E-state index contributed by atoms with van der Waals surface area (Å²) in [5.41, 5.74) is 0. The zero-order chi connectivity index (χ0) is 7.40. The minimum atomic E-state index is -0.0746. The molecule has 0 aromatic carbocycles. The lowest BCUT2D eigenvalue weighted by Gasteiger charge is -2.00. The fourth-order valence-electron chi connectivity index (χ4n) is 0.777. The van der Waals surface area contributed by atoms with E-state index in [1.165, 1.54) is 0 Å². The smallest absolute Gasteiger partial charge is 0.307 e. The predicted molar refractivity (Wildman–Crippen MR) is 37.7 cm³/mol. The Morgan fingerprint density at radius 3 is 2.80 bits per heavy atom. The molecule has 0 radical (unpaired) electrons. The molecule has 1 saturated heterocycles. The Labute approximate surface area is 61.0 Å². The summed E-state index contributed by atoms with van der Waals surface area (Å²) < 4.78 is 4.75. The van der Waals surface area contributed by atoms with Crippen molar-refractivity contribution in [2.75, 3.05) is 26.2 Å². The topological polar surface area (TPSA) is 29.3 Å². The van der Waals surface area contributed by atoms with Gasteiger partial charge in [0.15, 0.2) is 0 Å². The first-order valence-electron chi connectivity index (χ1n) is 3.71. The summed E-state index contributed by atoms with van der Waals surface area (Å²) >= 11 is 0. The van der Waals surface area contributed by atoms with Crippen molar-refractivity contribution >= 4 is 5.97 Å². The molecule has 0 saturated carbocycles. The van der Waals surface area contributed by atoms with Gasteiger partial charge in [0.25, 0.3) is 0 Å². The van der Waals surface area contributed by atoms with Gasteiger partial charge in [-0.15, -0.1) is 0 Å². The molecule has 1 aliphatic rings. The summed E-state index contributed by atoms with van der Waals surface area (Å²) in [5, 5.41) is 0. The lowest BCUT2D eigenvalue weighted by atomic mass is 10.4. The minimum Gasteiger partial charge on any atom is -0.466 e. The molecule has 0 aliphatic carbocycles. The van der Waals surface area contributed by atoms with E-state index in [0.29, 0.717) is 13.0 Å². The Balaban J connectivity index is 1.94. The van der Waals surface area contributed by atoms with Gasteiger partial charge >= 0.3 is 5.97 Å². The van der Waals surface area contributed by atoms with Crippen molar-refractivity contribution in [3.05, 3.63) is 0 Å². The highest BCUT2D eigenvalue weighted by atomic mass is 16.5. The number of rotatable bonds is 4. The van der Waals surface area contributed by atoms with Gasteiger partial charge in [0, 0.05) is 19.6 Å². The number of hydrogen-bond donors (Lipinski definition) is 0. The van der Waals surface area contributed by atoms with Crippen molar-refractivity contribution < 1.29 is 9.53 Å². The molecule has 0 unspecified atom stereocenters. The van der Waals surface area contributed by atoms with E-state index in [1.54, 1.807) is 0 Å². The average Bonchev–Trinajstić information content (AvgIpc) is 2.67. The first-order chi connectivity index (χ1) is 4.83. The summed E-state index contributed by atoms with van der Waals surface area (Å²) in [6, 6.07) is 0. The Morgan fingerprint density at radius 1 is 1.60 bits per heavy atom. The summed E-state index contributed by atoms with van der Waals surface area (Å²) in [5.74, 6) is -0.0746. The third kappa shape index (κ3) is 2.82. The van der Waals surface area contributed by atoms with Crippen LogP contribution in [0, 0.1) is 0 Å². The first kappa shape index (κ1) is 7.54. The van der Waals surface area contributed by atoms with Crippen molar-refractivity contribution in [1.82, 2.24) is 4.90 Å². The molecule has 0 bridgehead atoms. The Bertz CT molecular complexity index is 121. The molecule has 1 rings (SSSR count). The Morgan fingerprint density at radius 2 is 2.30 bits per heavy atom. The molecule has 10 heavy (non-hydrogen) atoms. The molecule has 0 aromatic heterocycles. The van der Waals surface area contributed by atoms with Gasteiger partial charge in [-0.05, 0) is 6.92 Å². The van der Waals surface area contributed by atoms with E-state index in [0.717, 1.165) is 19.6 Å². The Kier molecular flexibility index (Phi) is 2.68. The summed E-state index contributed by atoms with van der Waals surface area (Å²) in [6.07, 6.45) is 0.549. The zero-order valence-corrected chi connectivity index (χ0v) is 6.30. The van der Waals surface area contributed by atoms with Gasteiger partial charge in [0.1, 0.15) is 0 Å². The third-order valence-electron chi connectivity index (χ3n) is 1.48. The lowest BCUT2D eigenvalue weighted by molar-refractivity contribution is -0.143. The van der Waals surface area contributed by atoms with Crippen LogP contribution in [0.15, 0.2) is 0 Å². The van der Waals surface area contributed by atoms with Gasteiger partial charge < -0.3 is 9.64 Å². The number of hydrogen-bond acceptors (Lipinski definition) is 3. The van der Waals surface area contributed by atoms with Gasteiger partial charge in [-0.25, -0.2) is 0 Å². The fourth-order valence-corrected chi connectivity index (χ4v) is 0.777. The SMILES string of the molecule is CCOC(=O)CCN1CC1. The molecule has 0 atom stereocenters. The molecule has 0 N–H and O–H groups in total. The molecule has 3 heteroatoms. The number of carbonyl (C=O) groups is 1. The van der Waals surface area contributed by atoms with Gasteiger partial charge in [-0.1, -0.05) is 0 Å². The van der Waals surface area contributed by atoms with Crippen LogP contribution in [-0.4, -0.2) is 37.1 Å². The third-order valence-corrected chi connectivity index (χ3v) is 1.48. The van der Waals surface area contributed by atoms with Gasteiger partial charge in [-0.3, -0.25) is 4.79 Å². The number of nitrogens with zero attached hydrogens (tertiary/aromatic N) is 1. The molecule has 1 heterocycles. The first-order valence-corrected chi connectivity index (χ1v) is 3.71. The van der Waals surface area contributed by atoms with E-state index in [1.807, 2.05) is 6.92 Å². The highest BCUT2D eigenvalue weighted by Crippen LogP contribution is 2.03. The molecular formula is C7H13NO2. The maximum Gasteiger partial charge on any atom is 0.307 e. The van der Waals surface area contributed by atoms with Crippen molar-refractivity contribution in [1.29, 1.82) is 0 Å². The van der Waals surface area contributed by atoms with Crippen LogP contribution in [0.3, 0.4) is 0 Å². The second-order valence-corrected chi connectivity index (χ2v) is 2.40. The highest BCUT2D eigenvalue weighted by molar-refractivity contribution is 5.69. The maximum absolute atomic E-state index is 10.7. The van der Waals surface area contributed by atoms with Gasteiger partial charge in [-0.2, -0.15) is 0 Å². The predicted octanol–water partition coefficient (Wildman–Crippen LogP) is 0.255. The molecular weight excluding hydrogens is 130 g/mol. The largest absolute Gasteiger partial charge is 0.466 e. The average molecular weight is 143 g/mol. The molecule has 0 aromatic rings. The van der Waals surface area contributed by atoms with Crippen LogP contribution in [0.25, 0.3) is 0 Å². The standard InChI is InChI=1S/C7H13NO2/c1-2-10-7(9)3-4-8-5-6-8/h2-6H2,1H3. The molecule has 0 amide bonds. The number of ether oxygens (including phenoxy) is 1. The summed E-state index contributed by atoms with van der Waals surface area (Å²) in [7, 11) is 0. The van der Waals surface area contributed by atoms with Crippen molar-refractivity contribution in [2.24, 2.45) is 0 Å². The van der Waals surface area contributed by atoms with Crippen molar-refractivity contribution in [3.63, 3.8) is 0 Å². The lowest BCUT2D eigenvalue weighted by Crippen LogP contribution is -2.10. The van der Waals surface area contributed by atoms with Crippen molar-refractivity contribution in [2.45, 2.75) is 13.3 Å². The normalized spacial score (nSPS) is 16.9. The van der Waals surface area contributed by atoms with Crippen LogP contribution in [0.1, 0.15) is 13.3 Å². The Hall–Kier alpha value is -0.570.